The third-order valence-corrected chi connectivity index (χ3v) is 3.06. The molecule has 0 radical (unpaired) electrons. The normalized spacial score (nSPS) is 13.2. The van der Waals surface area contributed by atoms with Crippen molar-refractivity contribution in [2.45, 2.75) is 6.42 Å². The zero-order valence-corrected chi connectivity index (χ0v) is 9.03. The van der Waals surface area contributed by atoms with Gasteiger partial charge in [-0.05, 0) is 41.3 Å². The lowest BCUT2D eigenvalue weighted by molar-refractivity contribution is 1.11. The summed E-state index contributed by atoms with van der Waals surface area (Å²) in [6.07, 6.45) is 1.10. The van der Waals surface area contributed by atoms with Gasteiger partial charge in [-0.2, -0.15) is 0 Å². The molecule has 0 fully saturated rings. The highest BCUT2D eigenvalue weighted by Crippen LogP contribution is 2.33. The van der Waals surface area contributed by atoms with Gasteiger partial charge in [0.1, 0.15) is 0 Å². The molecule has 2 nitrogen and oxygen atoms in total. The molecule has 2 heteroatoms. The Morgan fingerprint density at radius 3 is 2.81 bits per heavy atom. The summed E-state index contributed by atoms with van der Waals surface area (Å²) in [6.45, 7) is 1.04. The Morgan fingerprint density at radius 2 is 1.94 bits per heavy atom. The molecule has 2 aromatic rings. The van der Waals surface area contributed by atoms with Crippen LogP contribution in [0.4, 0.5) is 11.4 Å². The Hall–Kier alpha value is -1.96. The Morgan fingerprint density at radius 1 is 1.06 bits per heavy atom. The smallest absolute Gasteiger partial charge is 0.0379 e. The van der Waals surface area contributed by atoms with E-state index in [1.165, 1.54) is 22.4 Å². The highest BCUT2D eigenvalue weighted by atomic mass is 14.9. The van der Waals surface area contributed by atoms with Gasteiger partial charge >= 0.3 is 0 Å². The maximum absolute atomic E-state index is 5.83. The van der Waals surface area contributed by atoms with E-state index in [9.17, 15) is 0 Å². The van der Waals surface area contributed by atoms with Gasteiger partial charge in [-0.1, -0.05) is 24.3 Å². The lowest BCUT2D eigenvalue weighted by Crippen LogP contribution is -1.90. The molecule has 0 bridgehead atoms. The largest absolute Gasteiger partial charge is 0.399 e. The van der Waals surface area contributed by atoms with Crippen LogP contribution in [0.15, 0.2) is 42.5 Å². The summed E-state index contributed by atoms with van der Waals surface area (Å²) in [5.41, 5.74) is 11.8. The standard InChI is InChI=1S/C14H14N2/c15-11-4-1-3-10(9-11)12-5-2-6-14-13(12)7-8-16-14/h1-6,9,16H,7-8,15H2. The third-order valence-electron chi connectivity index (χ3n) is 3.06. The predicted molar refractivity (Wildman–Crippen MR) is 68.5 cm³/mol. The van der Waals surface area contributed by atoms with Crippen molar-refractivity contribution in [1.82, 2.24) is 0 Å². The van der Waals surface area contributed by atoms with Crippen LogP contribution in [0.5, 0.6) is 0 Å². The molecule has 0 aliphatic carbocycles. The van der Waals surface area contributed by atoms with E-state index >= 15 is 0 Å². The van der Waals surface area contributed by atoms with Crippen LogP contribution in [0.3, 0.4) is 0 Å². The van der Waals surface area contributed by atoms with Crippen molar-refractivity contribution >= 4 is 11.4 Å². The van der Waals surface area contributed by atoms with Crippen LogP contribution in [0, 0.1) is 0 Å². The van der Waals surface area contributed by atoms with Crippen molar-refractivity contribution in [2.24, 2.45) is 0 Å². The first-order chi connectivity index (χ1) is 7.84. The molecule has 1 aliphatic heterocycles. The fourth-order valence-electron chi connectivity index (χ4n) is 2.32. The molecule has 0 amide bonds. The van der Waals surface area contributed by atoms with Crippen molar-refractivity contribution in [3.05, 3.63) is 48.0 Å². The number of anilines is 2. The first kappa shape index (κ1) is 9.28. The van der Waals surface area contributed by atoms with Crippen LogP contribution >= 0.6 is 0 Å². The number of nitrogens with two attached hydrogens (primary N) is 1. The van der Waals surface area contributed by atoms with Crippen molar-refractivity contribution in [2.75, 3.05) is 17.6 Å². The van der Waals surface area contributed by atoms with Gasteiger partial charge in [-0.15, -0.1) is 0 Å². The number of nitrogens with one attached hydrogen (secondary N) is 1. The number of nitrogen functional groups attached to an aromatic ring is 1. The first-order valence-electron chi connectivity index (χ1n) is 5.56. The van der Waals surface area contributed by atoms with Crippen molar-refractivity contribution in [3.8, 4) is 11.1 Å². The monoisotopic (exact) mass is 210 g/mol. The van der Waals surface area contributed by atoms with E-state index in [2.05, 4.69) is 29.6 Å². The number of hydrogen-bond donors (Lipinski definition) is 2. The van der Waals surface area contributed by atoms with Crippen LogP contribution in [-0.2, 0) is 6.42 Å². The van der Waals surface area contributed by atoms with E-state index in [1.54, 1.807) is 0 Å². The van der Waals surface area contributed by atoms with E-state index in [4.69, 9.17) is 5.73 Å². The Kier molecular flexibility index (Phi) is 2.07. The molecule has 0 unspecified atom stereocenters. The molecule has 1 heterocycles. The molecule has 0 spiro atoms. The van der Waals surface area contributed by atoms with Gasteiger partial charge in [0.15, 0.2) is 0 Å². The average Bonchev–Trinajstić information content (AvgIpc) is 2.76. The highest BCUT2D eigenvalue weighted by molar-refractivity contribution is 5.77. The maximum atomic E-state index is 5.83. The number of benzene rings is 2. The summed E-state index contributed by atoms with van der Waals surface area (Å²) in [5.74, 6) is 0. The molecule has 3 N–H and O–H groups in total. The molecule has 0 saturated carbocycles. The lowest BCUT2D eigenvalue weighted by Gasteiger charge is -2.08. The average molecular weight is 210 g/mol. The van der Waals surface area contributed by atoms with Gasteiger partial charge in [0.25, 0.3) is 0 Å². The predicted octanol–water partition coefficient (Wildman–Crippen LogP) is 2.90. The summed E-state index contributed by atoms with van der Waals surface area (Å²) >= 11 is 0. The minimum Gasteiger partial charge on any atom is -0.399 e. The summed E-state index contributed by atoms with van der Waals surface area (Å²) in [5, 5.41) is 3.39. The second-order valence-corrected chi connectivity index (χ2v) is 4.13. The quantitative estimate of drug-likeness (QED) is 0.710. The molecule has 3 rings (SSSR count). The van der Waals surface area contributed by atoms with Gasteiger partial charge in [0, 0.05) is 17.9 Å². The molecule has 0 atom stereocenters. The van der Waals surface area contributed by atoms with Crippen LogP contribution in [0.2, 0.25) is 0 Å². The molecule has 0 saturated heterocycles. The summed E-state index contributed by atoms with van der Waals surface area (Å²) in [7, 11) is 0. The number of fused-ring (bicyclic) bond motifs is 1. The Labute approximate surface area is 95.1 Å². The van der Waals surface area contributed by atoms with E-state index in [0.717, 1.165) is 18.7 Å². The number of hydrogen-bond acceptors (Lipinski definition) is 2. The van der Waals surface area contributed by atoms with E-state index in [-0.39, 0.29) is 0 Å². The van der Waals surface area contributed by atoms with E-state index in [0.29, 0.717) is 0 Å². The summed E-state index contributed by atoms with van der Waals surface area (Å²) in [6, 6.07) is 14.5. The van der Waals surface area contributed by atoms with Gasteiger partial charge in [0.05, 0.1) is 0 Å². The molecule has 1 aliphatic rings. The minimum absolute atomic E-state index is 0.820. The van der Waals surface area contributed by atoms with Crippen LogP contribution in [-0.4, -0.2) is 6.54 Å². The fraction of sp³-hybridized carbons (Fsp3) is 0.143. The molecular formula is C14H14N2. The van der Waals surface area contributed by atoms with Crippen LogP contribution in [0.25, 0.3) is 11.1 Å². The summed E-state index contributed by atoms with van der Waals surface area (Å²) < 4.78 is 0. The zero-order chi connectivity index (χ0) is 11.0. The molecule has 80 valence electrons. The SMILES string of the molecule is Nc1cccc(-c2cccc3c2CCN3)c1. The molecule has 2 aromatic carbocycles. The molecule has 16 heavy (non-hydrogen) atoms. The van der Waals surface area contributed by atoms with Crippen LogP contribution < -0.4 is 11.1 Å². The second kappa shape index (κ2) is 3.56. The van der Waals surface area contributed by atoms with Gasteiger partial charge in [0.2, 0.25) is 0 Å². The summed E-state index contributed by atoms with van der Waals surface area (Å²) in [4.78, 5) is 0. The first-order valence-corrected chi connectivity index (χ1v) is 5.56. The van der Waals surface area contributed by atoms with Gasteiger partial charge < -0.3 is 11.1 Å². The zero-order valence-electron chi connectivity index (χ0n) is 9.03. The van der Waals surface area contributed by atoms with Crippen molar-refractivity contribution in [1.29, 1.82) is 0 Å². The minimum atomic E-state index is 0.820. The van der Waals surface area contributed by atoms with Crippen LogP contribution in [0.1, 0.15) is 5.56 Å². The van der Waals surface area contributed by atoms with E-state index < -0.39 is 0 Å². The molecular weight excluding hydrogens is 196 g/mol. The second-order valence-electron chi connectivity index (χ2n) is 4.13. The van der Waals surface area contributed by atoms with Gasteiger partial charge in [-0.3, -0.25) is 0 Å². The van der Waals surface area contributed by atoms with Crippen molar-refractivity contribution in [3.63, 3.8) is 0 Å². The van der Waals surface area contributed by atoms with Crippen molar-refractivity contribution < 1.29 is 0 Å². The topological polar surface area (TPSA) is 38.0 Å². The highest BCUT2D eigenvalue weighted by Gasteiger charge is 2.14. The van der Waals surface area contributed by atoms with E-state index in [1.807, 2.05) is 18.2 Å². The fourth-order valence-corrected chi connectivity index (χ4v) is 2.32. The maximum Gasteiger partial charge on any atom is 0.0379 e. The Bertz CT molecular complexity index is 532. The third kappa shape index (κ3) is 1.43. The Balaban J connectivity index is 2.17. The lowest BCUT2D eigenvalue weighted by atomic mass is 9.97. The number of rotatable bonds is 1. The molecule has 0 aromatic heterocycles. The van der Waals surface area contributed by atoms with Gasteiger partial charge in [-0.25, -0.2) is 0 Å².